The van der Waals surface area contributed by atoms with Crippen LogP contribution in [0.25, 0.3) is 0 Å². The second-order valence-corrected chi connectivity index (χ2v) is 3.08. The molecule has 2 N–H and O–H groups in total. The molecular weight excluding hydrogens is 174 g/mol. The average molecular weight is 185 g/mol. The molecular formula is C7H11N3O3. The van der Waals surface area contributed by atoms with Crippen molar-refractivity contribution >= 4 is 0 Å². The predicted molar refractivity (Wildman–Crippen MR) is 41.8 cm³/mol. The molecule has 0 aliphatic carbocycles. The Balaban J connectivity index is 2.12. The Labute approximate surface area is 74.9 Å². The normalized spacial score (nSPS) is 19.8. The molecule has 0 bridgehead atoms. The Hall–Kier alpha value is -0.980. The first-order valence-corrected chi connectivity index (χ1v) is 4.00. The van der Waals surface area contributed by atoms with Crippen molar-refractivity contribution in [2.24, 2.45) is 0 Å². The molecule has 1 aromatic heterocycles. The van der Waals surface area contributed by atoms with Gasteiger partial charge in [-0.1, -0.05) is 5.16 Å². The third-order valence-corrected chi connectivity index (χ3v) is 1.97. The van der Waals surface area contributed by atoms with Gasteiger partial charge in [-0.2, -0.15) is 4.98 Å². The van der Waals surface area contributed by atoms with E-state index < -0.39 is 5.60 Å². The van der Waals surface area contributed by atoms with E-state index in [4.69, 9.17) is 9.26 Å². The summed E-state index contributed by atoms with van der Waals surface area (Å²) in [7, 11) is 1.55. The van der Waals surface area contributed by atoms with Gasteiger partial charge in [-0.25, -0.2) is 0 Å². The summed E-state index contributed by atoms with van der Waals surface area (Å²) in [5.41, 5.74) is -0.973. The Bertz CT molecular complexity index is 295. The van der Waals surface area contributed by atoms with Crippen molar-refractivity contribution < 1.29 is 14.4 Å². The molecule has 1 aliphatic heterocycles. The Morgan fingerprint density at radius 2 is 2.46 bits per heavy atom. The summed E-state index contributed by atoms with van der Waals surface area (Å²) in [5, 5.41) is 16.4. The van der Waals surface area contributed by atoms with Crippen molar-refractivity contribution in [2.45, 2.75) is 12.2 Å². The fourth-order valence-corrected chi connectivity index (χ4v) is 1.14. The zero-order valence-corrected chi connectivity index (χ0v) is 7.28. The van der Waals surface area contributed by atoms with E-state index in [0.717, 1.165) is 0 Å². The standard InChI is InChI=1S/C7H11N3O3/c1-12-2-5-9-6(13-10-5)7(11)3-8-4-7/h8,11H,2-4H2,1H3. The van der Waals surface area contributed by atoms with Crippen molar-refractivity contribution in [1.82, 2.24) is 15.5 Å². The van der Waals surface area contributed by atoms with Crippen LogP contribution in [0.4, 0.5) is 0 Å². The van der Waals surface area contributed by atoms with Crippen molar-refractivity contribution in [3.8, 4) is 0 Å². The maximum Gasteiger partial charge on any atom is 0.261 e. The van der Waals surface area contributed by atoms with Crippen LogP contribution in [0.1, 0.15) is 11.7 Å². The molecule has 0 saturated carbocycles. The summed E-state index contributed by atoms with van der Waals surface area (Å²) in [4.78, 5) is 4.00. The summed E-state index contributed by atoms with van der Waals surface area (Å²) in [6, 6.07) is 0. The van der Waals surface area contributed by atoms with Gasteiger partial charge in [-0.3, -0.25) is 0 Å². The molecule has 2 rings (SSSR count). The quantitative estimate of drug-likeness (QED) is 0.629. The van der Waals surface area contributed by atoms with E-state index in [-0.39, 0.29) is 5.89 Å². The molecule has 1 aromatic rings. The fraction of sp³-hybridized carbons (Fsp3) is 0.714. The number of hydrogen-bond acceptors (Lipinski definition) is 6. The van der Waals surface area contributed by atoms with Gasteiger partial charge in [0.05, 0.1) is 0 Å². The topological polar surface area (TPSA) is 80.4 Å². The molecule has 72 valence electrons. The van der Waals surface area contributed by atoms with E-state index in [2.05, 4.69) is 15.5 Å². The number of nitrogens with one attached hydrogen (secondary N) is 1. The lowest BCUT2D eigenvalue weighted by Gasteiger charge is -2.33. The molecule has 2 heterocycles. The molecule has 13 heavy (non-hydrogen) atoms. The number of β-amino-alcohol motifs (C(OH)–C–C–N with tert-alkyl or cyclic N) is 1. The highest BCUT2D eigenvalue weighted by Gasteiger charge is 2.41. The van der Waals surface area contributed by atoms with Gasteiger partial charge in [0, 0.05) is 20.2 Å². The van der Waals surface area contributed by atoms with Crippen LogP contribution in [-0.2, 0) is 16.9 Å². The zero-order valence-electron chi connectivity index (χ0n) is 7.28. The van der Waals surface area contributed by atoms with Crippen LogP contribution in [0, 0.1) is 0 Å². The fourth-order valence-electron chi connectivity index (χ4n) is 1.14. The SMILES string of the molecule is COCc1noc(C2(O)CNC2)n1. The number of nitrogens with zero attached hydrogens (tertiary/aromatic N) is 2. The van der Waals surface area contributed by atoms with Crippen LogP contribution in [0.15, 0.2) is 4.52 Å². The second kappa shape index (κ2) is 3.06. The summed E-state index contributed by atoms with van der Waals surface area (Å²) >= 11 is 0. The number of ether oxygens (including phenoxy) is 1. The smallest absolute Gasteiger partial charge is 0.261 e. The third-order valence-electron chi connectivity index (χ3n) is 1.97. The number of aliphatic hydroxyl groups is 1. The molecule has 0 spiro atoms. The van der Waals surface area contributed by atoms with Gasteiger partial charge in [-0.05, 0) is 0 Å². The molecule has 0 unspecified atom stereocenters. The maximum atomic E-state index is 9.76. The summed E-state index contributed by atoms with van der Waals surface area (Å²) < 4.78 is 9.72. The summed E-state index contributed by atoms with van der Waals surface area (Å²) in [6.07, 6.45) is 0. The molecule has 0 amide bonds. The van der Waals surface area contributed by atoms with Gasteiger partial charge < -0.3 is 19.7 Å². The Kier molecular flexibility index (Phi) is 2.03. The molecule has 1 aliphatic rings. The highest BCUT2D eigenvalue weighted by molar-refractivity contribution is 5.06. The van der Waals surface area contributed by atoms with Crippen LogP contribution < -0.4 is 5.32 Å². The summed E-state index contributed by atoms with van der Waals surface area (Å²) in [6.45, 7) is 1.22. The molecule has 6 nitrogen and oxygen atoms in total. The highest BCUT2D eigenvalue weighted by Crippen LogP contribution is 2.23. The van der Waals surface area contributed by atoms with E-state index in [1.807, 2.05) is 0 Å². The van der Waals surface area contributed by atoms with E-state index in [1.165, 1.54) is 0 Å². The number of hydrogen-bond donors (Lipinski definition) is 2. The van der Waals surface area contributed by atoms with Crippen molar-refractivity contribution in [1.29, 1.82) is 0 Å². The molecule has 6 heteroatoms. The minimum Gasteiger partial charge on any atom is -0.377 e. The highest BCUT2D eigenvalue weighted by atomic mass is 16.5. The predicted octanol–water partition coefficient (Wildman–Crippen LogP) is -0.993. The minimum atomic E-state index is -0.973. The average Bonchev–Trinajstić information content (AvgIpc) is 2.50. The lowest BCUT2D eigenvalue weighted by atomic mass is 9.97. The summed E-state index contributed by atoms with van der Waals surface area (Å²) in [5.74, 6) is 0.719. The zero-order chi connectivity index (χ0) is 9.31. The minimum absolute atomic E-state index is 0.262. The largest absolute Gasteiger partial charge is 0.377 e. The van der Waals surface area contributed by atoms with E-state index in [0.29, 0.717) is 25.5 Å². The van der Waals surface area contributed by atoms with Gasteiger partial charge in [0.2, 0.25) is 0 Å². The van der Waals surface area contributed by atoms with Gasteiger partial charge in [0.25, 0.3) is 5.89 Å². The Morgan fingerprint density at radius 1 is 1.69 bits per heavy atom. The first-order valence-electron chi connectivity index (χ1n) is 4.00. The third kappa shape index (κ3) is 1.43. The monoisotopic (exact) mass is 185 g/mol. The van der Waals surface area contributed by atoms with Crippen molar-refractivity contribution in [3.63, 3.8) is 0 Å². The lowest BCUT2D eigenvalue weighted by molar-refractivity contribution is -0.0417. The second-order valence-electron chi connectivity index (χ2n) is 3.08. The first kappa shape index (κ1) is 8.61. The van der Waals surface area contributed by atoms with Crippen LogP contribution in [0.5, 0.6) is 0 Å². The van der Waals surface area contributed by atoms with Crippen LogP contribution in [-0.4, -0.2) is 35.4 Å². The van der Waals surface area contributed by atoms with E-state index in [1.54, 1.807) is 7.11 Å². The number of aromatic nitrogens is 2. The molecule has 0 radical (unpaired) electrons. The molecule has 1 fully saturated rings. The van der Waals surface area contributed by atoms with E-state index >= 15 is 0 Å². The molecule has 1 saturated heterocycles. The van der Waals surface area contributed by atoms with Gasteiger partial charge >= 0.3 is 0 Å². The van der Waals surface area contributed by atoms with Crippen LogP contribution >= 0.6 is 0 Å². The van der Waals surface area contributed by atoms with Gasteiger partial charge in [0.1, 0.15) is 6.61 Å². The number of methoxy groups -OCH3 is 1. The van der Waals surface area contributed by atoms with Crippen molar-refractivity contribution in [2.75, 3.05) is 20.2 Å². The molecule has 0 atom stereocenters. The van der Waals surface area contributed by atoms with Crippen LogP contribution in [0.2, 0.25) is 0 Å². The lowest BCUT2D eigenvalue weighted by Crippen LogP contribution is -2.56. The van der Waals surface area contributed by atoms with Crippen LogP contribution in [0.3, 0.4) is 0 Å². The number of rotatable bonds is 3. The van der Waals surface area contributed by atoms with E-state index in [9.17, 15) is 5.11 Å². The van der Waals surface area contributed by atoms with Gasteiger partial charge in [-0.15, -0.1) is 0 Å². The van der Waals surface area contributed by atoms with Gasteiger partial charge in [0.15, 0.2) is 11.4 Å². The maximum absolute atomic E-state index is 9.76. The Morgan fingerprint density at radius 3 is 3.00 bits per heavy atom. The first-order chi connectivity index (χ1) is 6.24. The van der Waals surface area contributed by atoms with Crippen molar-refractivity contribution in [3.05, 3.63) is 11.7 Å². The molecule has 0 aromatic carbocycles.